The molecule has 3 nitrogen and oxygen atoms in total. The summed E-state index contributed by atoms with van der Waals surface area (Å²) in [6.45, 7) is 2.05. The van der Waals surface area contributed by atoms with Crippen molar-refractivity contribution in [3.05, 3.63) is 28.5 Å². The van der Waals surface area contributed by atoms with Crippen LogP contribution in [0.1, 0.15) is 18.9 Å². The molecule has 0 aliphatic rings. The van der Waals surface area contributed by atoms with E-state index >= 15 is 0 Å². The molecular weight excluding hydrogens is 288 g/mol. The van der Waals surface area contributed by atoms with Crippen LogP contribution in [-0.2, 0) is 15.9 Å². The van der Waals surface area contributed by atoms with E-state index in [1.165, 1.54) is 6.07 Å². The number of benzene rings is 1. The van der Waals surface area contributed by atoms with Gasteiger partial charge in [-0.1, -0.05) is 18.5 Å². The van der Waals surface area contributed by atoms with Crippen LogP contribution in [-0.4, -0.2) is 15.0 Å². The molecule has 0 fully saturated rings. The molecule has 0 atom stereocenters. The highest BCUT2D eigenvalue weighted by Gasteiger charge is 2.21. The van der Waals surface area contributed by atoms with Gasteiger partial charge in [-0.25, -0.2) is 17.5 Å². The second-order valence-corrected chi connectivity index (χ2v) is 5.85. The van der Waals surface area contributed by atoms with Crippen LogP contribution in [0.15, 0.2) is 17.0 Å². The highest BCUT2D eigenvalue weighted by atomic mass is 35.5. The van der Waals surface area contributed by atoms with Gasteiger partial charge in [0.05, 0.1) is 5.88 Å². The van der Waals surface area contributed by atoms with Gasteiger partial charge in [-0.3, -0.25) is 0 Å². The molecule has 0 radical (unpaired) electrons. The van der Waals surface area contributed by atoms with Crippen molar-refractivity contribution < 1.29 is 12.8 Å². The van der Waals surface area contributed by atoms with E-state index in [1.807, 2.05) is 0 Å². The van der Waals surface area contributed by atoms with Gasteiger partial charge < -0.3 is 0 Å². The topological polar surface area (TPSA) is 46.2 Å². The summed E-state index contributed by atoms with van der Waals surface area (Å²) < 4.78 is 39.6. The standard InChI is InChI=1S/C10H12Cl2FNO2S/c1-2-3-14-17(15,16)9-5-8(12)4-7(6-11)10(9)13/h4-5,14H,2-3,6H2,1H3. The number of sulfonamides is 1. The number of alkyl halides is 1. The largest absolute Gasteiger partial charge is 0.243 e. The summed E-state index contributed by atoms with van der Waals surface area (Å²) in [4.78, 5) is -0.464. The lowest BCUT2D eigenvalue weighted by Crippen LogP contribution is -2.25. The fraction of sp³-hybridized carbons (Fsp3) is 0.400. The second-order valence-electron chi connectivity index (χ2n) is 3.41. The molecule has 0 saturated carbocycles. The predicted molar refractivity (Wildman–Crippen MR) is 66.4 cm³/mol. The molecule has 0 saturated heterocycles. The average Bonchev–Trinajstić information content (AvgIpc) is 2.29. The predicted octanol–water partition coefficient (Wildman–Crippen LogP) is 2.91. The molecule has 0 aliphatic heterocycles. The highest BCUT2D eigenvalue weighted by molar-refractivity contribution is 7.89. The Morgan fingerprint density at radius 3 is 2.59 bits per heavy atom. The molecule has 0 heterocycles. The van der Waals surface area contributed by atoms with Crippen molar-refractivity contribution >= 4 is 33.2 Å². The minimum Gasteiger partial charge on any atom is -0.211 e. The zero-order valence-electron chi connectivity index (χ0n) is 9.13. The maximum absolute atomic E-state index is 13.8. The van der Waals surface area contributed by atoms with Gasteiger partial charge in [0.1, 0.15) is 10.7 Å². The van der Waals surface area contributed by atoms with Crippen LogP contribution < -0.4 is 4.72 Å². The molecule has 1 N–H and O–H groups in total. The van der Waals surface area contributed by atoms with Gasteiger partial charge in [0.15, 0.2) is 0 Å². The fourth-order valence-electron chi connectivity index (χ4n) is 1.23. The fourth-order valence-corrected chi connectivity index (χ4v) is 3.00. The summed E-state index contributed by atoms with van der Waals surface area (Å²) in [5.41, 5.74) is 0.0658. The first-order valence-corrected chi connectivity index (χ1v) is 7.35. The van der Waals surface area contributed by atoms with Crippen molar-refractivity contribution in [1.82, 2.24) is 4.72 Å². The Hall–Kier alpha value is -0.360. The van der Waals surface area contributed by atoms with Crippen molar-refractivity contribution in [3.8, 4) is 0 Å². The minimum atomic E-state index is -3.88. The van der Waals surface area contributed by atoms with Gasteiger partial charge in [-0.15, -0.1) is 11.6 Å². The lowest BCUT2D eigenvalue weighted by Gasteiger charge is -2.09. The van der Waals surface area contributed by atoms with E-state index in [9.17, 15) is 12.8 Å². The SMILES string of the molecule is CCCNS(=O)(=O)c1cc(Cl)cc(CCl)c1F. The molecule has 0 amide bonds. The van der Waals surface area contributed by atoms with Crippen LogP contribution in [0.25, 0.3) is 0 Å². The normalized spacial score (nSPS) is 11.8. The van der Waals surface area contributed by atoms with E-state index in [0.717, 1.165) is 6.07 Å². The van der Waals surface area contributed by atoms with Crippen LogP contribution in [0.5, 0.6) is 0 Å². The third-order valence-electron chi connectivity index (χ3n) is 2.05. The van der Waals surface area contributed by atoms with Crippen LogP contribution in [0.2, 0.25) is 5.02 Å². The molecule has 96 valence electrons. The molecular formula is C10H12Cl2FNO2S. The summed E-state index contributed by atoms with van der Waals surface area (Å²) in [5.74, 6) is -0.990. The molecule has 0 unspecified atom stereocenters. The van der Waals surface area contributed by atoms with Gasteiger partial charge in [0.2, 0.25) is 10.0 Å². The van der Waals surface area contributed by atoms with E-state index in [0.29, 0.717) is 6.42 Å². The summed E-state index contributed by atoms with van der Waals surface area (Å²) in [6, 6.07) is 2.38. The van der Waals surface area contributed by atoms with E-state index in [2.05, 4.69) is 4.72 Å². The molecule has 17 heavy (non-hydrogen) atoms. The Labute approximate surface area is 110 Å². The second kappa shape index (κ2) is 6.00. The molecule has 0 aliphatic carbocycles. The monoisotopic (exact) mass is 299 g/mol. The first-order valence-electron chi connectivity index (χ1n) is 4.96. The molecule has 7 heteroatoms. The Balaban J connectivity index is 3.26. The number of nitrogens with one attached hydrogen (secondary N) is 1. The number of halogens is 3. The third kappa shape index (κ3) is 3.55. The Morgan fingerprint density at radius 2 is 2.06 bits per heavy atom. The van der Waals surface area contributed by atoms with Gasteiger partial charge in [-0.2, -0.15) is 0 Å². The number of hydrogen-bond donors (Lipinski definition) is 1. The van der Waals surface area contributed by atoms with Gasteiger partial charge in [0, 0.05) is 17.1 Å². The maximum atomic E-state index is 13.8. The molecule has 0 spiro atoms. The summed E-state index contributed by atoms with van der Waals surface area (Å²) in [6.07, 6.45) is 0.615. The zero-order chi connectivity index (χ0) is 13.1. The number of hydrogen-bond acceptors (Lipinski definition) is 2. The van der Waals surface area contributed by atoms with Gasteiger partial charge in [0.25, 0.3) is 0 Å². The van der Waals surface area contributed by atoms with Crippen LogP contribution in [0.4, 0.5) is 4.39 Å². The third-order valence-corrected chi connectivity index (χ3v) is 4.02. The van der Waals surface area contributed by atoms with Gasteiger partial charge >= 0.3 is 0 Å². The summed E-state index contributed by atoms with van der Waals surface area (Å²) in [5, 5.41) is 0.138. The lowest BCUT2D eigenvalue weighted by atomic mass is 10.2. The van der Waals surface area contributed by atoms with Crippen LogP contribution in [0.3, 0.4) is 0 Å². The first kappa shape index (κ1) is 14.7. The van der Waals surface area contributed by atoms with Crippen molar-refractivity contribution in [2.45, 2.75) is 24.1 Å². The summed E-state index contributed by atoms with van der Waals surface area (Å²) >= 11 is 11.2. The smallest absolute Gasteiger partial charge is 0.211 e. The Morgan fingerprint density at radius 1 is 1.41 bits per heavy atom. The number of rotatable bonds is 5. The van der Waals surface area contributed by atoms with Gasteiger partial charge in [-0.05, 0) is 18.6 Å². The molecule has 1 aromatic carbocycles. The Kier molecular flexibility index (Phi) is 5.19. The molecule has 0 aromatic heterocycles. The average molecular weight is 300 g/mol. The van der Waals surface area contributed by atoms with E-state index in [1.54, 1.807) is 6.92 Å². The summed E-state index contributed by atoms with van der Waals surface area (Å²) in [7, 11) is -3.88. The van der Waals surface area contributed by atoms with E-state index in [-0.39, 0.29) is 23.0 Å². The molecule has 1 rings (SSSR count). The van der Waals surface area contributed by atoms with Crippen molar-refractivity contribution in [1.29, 1.82) is 0 Å². The van der Waals surface area contributed by atoms with E-state index < -0.39 is 20.7 Å². The van der Waals surface area contributed by atoms with Crippen LogP contribution in [0, 0.1) is 5.82 Å². The van der Waals surface area contributed by atoms with Crippen LogP contribution >= 0.6 is 23.2 Å². The van der Waals surface area contributed by atoms with Crippen molar-refractivity contribution in [2.24, 2.45) is 0 Å². The lowest BCUT2D eigenvalue weighted by molar-refractivity contribution is 0.552. The zero-order valence-corrected chi connectivity index (χ0v) is 11.5. The first-order chi connectivity index (χ1) is 7.92. The Bertz CT molecular complexity index is 505. The minimum absolute atomic E-state index is 0.0658. The molecule has 0 bridgehead atoms. The van der Waals surface area contributed by atoms with E-state index in [4.69, 9.17) is 23.2 Å². The van der Waals surface area contributed by atoms with Crippen molar-refractivity contribution in [2.75, 3.05) is 6.54 Å². The quantitative estimate of drug-likeness (QED) is 0.850. The highest BCUT2D eigenvalue weighted by Crippen LogP contribution is 2.24. The molecule has 1 aromatic rings. The van der Waals surface area contributed by atoms with Crippen molar-refractivity contribution in [3.63, 3.8) is 0 Å². The maximum Gasteiger partial charge on any atom is 0.243 e.